The first kappa shape index (κ1) is 27.3. The van der Waals surface area contributed by atoms with Crippen molar-refractivity contribution < 1.29 is 23.4 Å². The van der Waals surface area contributed by atoms with Crippen molar-refractivity contribution in [1.29, 1.82) is 0 Å². The van der Waals surface area contributed by atoms with Gasteiger partial charge in [0.25, 0.3) is 5.91 Å². The first-order valence-corrected chi connectivity index (χ1v) is 13.1. The Labute approximate surface area is 236 Å². The molecule has 0 atom stereocenters. The van der Waals surface area contributed by atoms with E-state index in [4.69, 9.17) is 14.2 Å². The summed E-state index contributed by atoms with van der Waals surface area (Å²) in [7, 11) is 1.52. The van der Waals surface area contributed by atoms with E-state index < -0.39 is 5.91 Å². The van der Waals surface area contributed by atoms with Crippen molar-refractivity contribution >= 4 is 44.0 Å². The zero-order chi connectivity index (χ0) is 26.9. The number of methoxy groups -OCH3 is 1. The molecule has 0 aliphatic rings. The number of hydrazone groups is 1. The molecule has 1 amide bonds. The molecule has 0 fully saturated rings. The summed E-state index contributed by atoms with van der Waals surface area (Å²) in [4.78, 5) is 12.6. The lowest BCUT2D eigenvalue weighted by Crippen LogP contribution is -2.17. The van der Waals surface area contributed by atoms with E-state index in [1.807, 2.05) is 42.5 Å². The van der Waals surface area contributed by atoms with Crippen molar-refractivity contribution in [3.63, 3.8) is 0 Å². The number of nitrogens with zero attached hydrogens (tertiary/aromatic N) is 1. The normalized spacial score (nSPS) is 10.8. The molecule has 4 rings (SSSR count). The number of rotatable bonds is 10. The molecule has 0 heterocycles. The number of hydrogen-bond donors (Lipinski definition) is 1. The molecule has 0 saturated carbocycles. The van der Waals surface area contributed by atoms with E-state index in [2.05, 4.69) is 42.4 Å². The molecule has 38 heavy (non-hydrogen) atoms. The van der Waals surface area contributed by atoms with E-state index >= 15 is 0 Å². The molecule has 0 bridgehead atoms. The number of carbonyl (C=O) groups is 1. The summed E-state index contributed by atoms with van der Waals surface area (Å²) >= 11 is 7.00. The molecule has 0 spiro atoms. The predicted molar refractivity (Wildman–Crippen MR) is 151 cm³/mol. The van der Waals surface area contributed by atoms with Crippen LogP contribution in [0.4, 0.5) is 4.39 Å². The van der Waals surface area contributed by atoms with Gasteiger partial charge in [-0.25, -0.2) is 9.82 Å². The van der Waals surface area contributed by atoms with Gasteiger partial charge in [-0.3, -0.25) is 4.79 Å². The number of nitrogens with one attached hydrogen (secondary N) is 1. The van der Waals surface area contributed by atoms with E-state index in [0.29, 0.717) is 38.4 Å². The zero-order valence-corrected chi connectivity index (χ0v) is 23.5. The lowest BCUT2D eigenvalue weighted by atomic mass is 10.2. The Morgan fingerprint density at radius 2 is 1.53 bits per heavy atom. The highest BCUT2D eigenvalue weighted by Gasteiger charge is 2.12. The van der Waals surface area contributed by atoms with Crippen LogP contribution in [-0.2, 0) is 13.2 Å². The van der Waals surface area contributed by atoms with Crippen LogP contribution in [0.3, 0.4) is 0 Å². The van der Waals surface area contributed by atoms with Crippen LogP contribution in [0.1, 0.15) is 27.0 Å². The number of benzene rings is 4. The van der Waals surface area contributed by atoms with Crippen LogP contribution in [0.5, 0.6) is 17.2 Å². The molecular formula is C29H23Br2FN2O4. The fourth-order valence-electron chi connectivity index (χ4n) is 3.42. The number of carbonyl (C=O) groups excluding carboxylic acids is 1. The van der Waals surface area contributed by atoms with Crippen molar-refractivity contribution in [2.75, 3.05) is 7.11 Å². The fourth-order valence-corrected chi connectivity index (χ4v) is 4.87. The highest BCUT2D eigenvalue weighted by atomic mass is 79.9. The van der Waals surface area contributed by atoms with Crippen molar-refractivity contribution in [2.24, 2.45) is 5.10 Å². The molecule has 4 aromatic rings. The molecule has 9 heteroatoms. The number of halogens is 3. The average molecular weight is 642 g/mol. The van der Waals surface area contributed by atoms with Gasteiger partial charge in [0.2, 0.25) is 0 Å². The van der Waals surface area contributed by atoms with E-state index in [9.17, 15) is 9.18 Å². The second-order valence-electron chi connectivity index (χ2n) is 8.07. The van der Waals surface area contributed by atoms with Crippen molar-refractivity contribution in [1.82, 2.24) is 5.43 Å². The van der Waals surface area contributed by atoms with Gasteiger partial charge in [0.15, 0.2) is 11.5 Å². The van der Waals surface area contributed by atoms with Gasteiger partial charge in [-0.05, 0) is 91.0 Å². The molecule has 0 aliphatic carbocycles. The molecule has 0 radical (unpaired) electrons. The van der Waals surface area contributed by atoms with Gasteiger partial charge >= 0.3 is 0 Å². The third-order valence-corrected chi connectivity index (χ3v) is 6.54. The first-order valence-electron chi connectivity index (χ1n) is 11.5. The van der Waals surface area contributed by atoms with Crippen LogP contribution in [0, 0.1) is 5.82 Å². The van der Waals surface area contributed by atoms with Crippen LogP contribution >= 0.6 is 31.9 Å². The lowest BCUT2D eigenvalue weighted by Gasteiger charge is -2.12. The van der Waals surface area contributed by atoms with Crippen LogP contribution in [0.25, 0.3) is 0 Å². The van der Waals surface area contributed by atoms with Crippen LogP contribution in [0.15, 0.2) is 99.0 Å². The maximum Gasteiger partial charge on any atom is 0.271 e. The van der Waals surface area contributed by atoms with Crippen LogP contribution in [-0.4, -0.2) is 19.2 Å². The summed E-state index contributed by atoms with van der Waals surface area (Å²) in [5, 5.41) is 4.07. The van der Waals surface area contributed by atoms with E-state index in [0.717, 1.165) is 16.7 Å². The smallest absolute Gasteiger partial charge is 0.271 e. The van der Waals surface area contributed by atoms with Crippen molar-refractivity contribution in [3.8, 4) is 17.2 Å². The molecule has 0 saturated heterocycles. The van der Waals surface area contributed by atoms with Crippen molar-refractivity contribution in [3.05, 3.63) is 122 Å². The second kappa shape index (κ2) is 13.2. The minimum Gasteiger partial charge on any atom is -0.493 e. The summed E-state index contributed by atoms with van der Waals surface area (Å²) in [6, 6.07) is 24.4. The topological polar surface area (TPSA) is 69.2 Å². The Kier molecular flexibility index (Phi) is 9.51. The summed E-state index contributed by atoms with van der Waals surface area (Å²) in [5.74, 6) is 0.883. The first-order chi connectivity index (χ1) is 18.4. The predicted octanol–water partition coefficient (Wildman–Crippen LogP) is 7.28. The Morgan fingerprint density at radius 3 is 2.21 bits per heavy atom. The molecular weight excluding hydrogens is 619 g/mol. The maximum atomic E-state index is 13.1. The van der Waals surface area contributed by atoms with Gasteiger partial charge in [-0.1, -0.05) is 42.5 Å². The number of amides is 1. The van der Waals surface area contributed by atoms with Crippen LogP contribution < -0.4 is 19.6 Å². The van der Waals surface area contributed by atoms with E-state index in [1.54, 1.807) is 30.3 Å². The number of hydrogen-bond acceptors (Lipinski definition) is 5. The summed E-state index contributed by atoms with van der Waals surface area (Å²) in [6.07, 6.45) is 1.52. The third kappa shape index (κ3) is 7.43. The van der Waals surface area contributed by atoms with Gasteiger partial charge in [-0.2, -0.15) is 5.10 Å². The highest BCUT2D eigenvalue weighted by Crippen LogP contribution is 2.35. The molecule has 4 aromatic carbocycles. The molecule has 194 valence electrons. The minimum absolute atomic E-state index is 0.278. The van der Waals surface area contributed by atoms with Crippen molar-refractivity contribution in [2.45, 2.75) is 13.2 Å². The Hall–Kier alpha value is -3.69. The fraction of sp³-hybridized carbons (Fsp3) is 0.103. The van der Waals surface area contributed by atoms with E-state index in [-0.39, 0.29) is 12.4 Å². The monoisotopic (exact) mass is 640 g/mol. The molecule has 6 nitrogen and oxygen atoms in total. The van der Waals surface area contributed by atoms with E-state index in [1.165, 1.54) is 25.5 Å². The average Bonchev–Trinajstić information content (AvgIpc) is 2.93. The quantitative estimate of drug-likeness (QED) is 0.146. The summed E-state index contributed by atoms with van der Waals surface area (Å²) in [5.41, 5.74) is 5.48. The standard InChI is InChI=1S/C29H23Br2FN2O4/c1-36-27-15-22(9-12-26(27)37-17-19-5-3-2-4-6-19)29(35)34-33-16-21-13-24(30)28(25(31)14-21)38-18-20-7-10-23(32)11-8-20/h2-16H,17-18H2,1H3,(H,34,35)/b33-16+. The third-order valence-electron chi connectivity index (χ3n) is 5.36. The summed E-state index contributed by atoms with van der Waals surface area (Å²) in [6.45, 7) is 0.661. The molecule has 1 N–H and O–H groups in total. The highest BCUT2D eigenvalue weighted by molar-refractivity contribution is 9.11. The number of ether oxygens (including phenoxy) is 3. The van der Waals surface area contributed by atoms with Gasteiger partial charge < -0.3 is 14.2 Å². The van der Waals surface area contributed by atoms with Gasteiger partial charge in [0.05, 0.1) is 22.3 Å². The van der Waals surface area contributed by atoms with Gasteiger partial charge in [0.1, 0.15) is 24.8 Å². The van der Waals surface area contributed by atoms with Gasteiger partial charge in [0, 0.05) is 5.56 Å². The Balaban J connectivity index is 1.36. The van der Waals surface area contributed by atoms with Crippen LogP contribution in [0.2, 0.25) is 0 Å². The molecule has 0 unspecified atom stereocenters. The zero-order valence-electron chi connectivity index (χ0n) is 20.3. The summed E-state index contributed by atoms with van der Waals surface area (Å²) < 4.78 is 31.6. The maximum absolute atomic E-state index is 13.1. The molecule has 0 aliphatic heterocycles. The SMILES string of the molecule is COc1cc(C(=O)N/N=C/c2cc(Br)c(OCc3ccc(F)cc3)c(Br)c2)ccc1OCc1ccccc1. The minimum atomic E-state index is -0.397. The Morgan fingerprint density at radius 1 is 0.868 bits per heavy atom. The lowest BCUT2D eigenvalue weighted by molar-refractivity contribution is 0.0954. The molecule has 0 aromatic heterocycles. The van der Waals surface area contributed by atoms with Gasteiger partial charge in [-0.15, -0.1) is 0 Å². The Bertz CT molecular complexity index is 1410. The second-order valence-corrected chi connectivity index (χ2v) is 9.78. The largest absolute Gasteiger partial charge is 0.493 e.